The number of hydrogen-bond acceptors (Lipinski definition) is 4. The monoisotopic (exact) mass is 262 g/mol. The van der Waals surface area contributed by atoms with Crippen molar-refractivity contribution in [2.45, 2.75) is 20.4 Å². The standard InChI is InChI=1S/C12H18N6O/c1-4-14-7-9-8(2)15-17(3)12(9)18-6-5-10(16-18)11(13)19/h5-6,14H,4,7H2,1-3H3,(H2,13,19). The fourth-order valence-electron chi connectivity index (χ4n) is 2.01. The van der Waals surface area contributed by atoms with Gasteiger partial charge in [0, 0.05) is 25.4 Å². The average molecular weight is 262 g/mol. The number of aryl methyl sites for hydroxylation is 2. The Kier molecular flexibility index (Phi) is 3.66. The van der Waals surface area contributed by atoms with E-state index in [2.05, 4.69) is 15.5 Å². The summed E-state index contributed by atoms with van der Waals surface area (Å²) in [5, 5.41) is 11.8. The molecule has 19 heavy (non-hydrogen) atoms. The number of nitrogens with one attached hydrogen (secondary N) is 1. The first-order valence-corrected chi connectivity index (χ1v) is 6.13. The maximum Gasteiger partial charge on any atom is 0.269 e. The molecular weight excluding hydrogens is 244 g/mol. The molecule has 0 saturated carbocycles. The Morgan fingerprint density at radius 3 is 2.79 bits per heavy atom. The van der Waals surface area contributed by atoms with Crippen molar-refractivity contribution in [2.24, 2.45) is 12.8 Å². The summed E-state index contributed by atoms with van der Waals surface area (Å²) in [6.07, 6.45) is 1.71. The number of aromatic nitrogens is 4. The fraction of sp³-hybridized carbons (Fsp3) is 0.417. The van der Waals surface area contributed by atoms with Crippen LogP contribution in [0.25, 0.3) is 5.82 Å². The number of nitrogens with two attached hydrogens (primary N) is 1. The van der Waals surface area contributed by atoms with Crippen LogP contribution in [0.5, 0.6) is 0 Å². The molecule has 2 aromatic rings. The molecule has 7 nitrogen and oxygen atoms in total. The molecule has 7 heteroatoms. The minimum Gasteiger partial charge on any atom is -0.364 e. The zero-order valence-electron chi connectivity index (χ0n) is 11.3. The molecule has 0 aromatic carbocycles. The van der Waals surface area contributed by atoms with Gasteiger partial charge in [-0.05, 0) is 19.5 Å². The molecule has 0 aliphatic heterocycles. The molecule has 0 fully saturated rings. The molecule has 2 rings (SSSR count). The van der Waals surface area contributed by atoms with Crippen LogP contribution in [0.15, 0.2) is 12.3 Å². The Labute approximate surface area is 111 Å². The van der Waals surface area contributed by atoms with Crippen molar-refractivity contribution >= 4 is 5.91 Å². The van der Waals surface area contributed by atoms with E-state index in [9.17, 15) is 4.79 Å². The van der Waals surface area contributed by atoms with Crippen LogP contribution in [0.3, 0.4) is 0 Å². The summed E-state index contributed by atoms with van der Waals surface area (Å²) >= 11 is 0. The van der Waals surface area contributed by atoms with Gasteiger partial charge in [-0.2, -0.15) is 10.2 Å². The molecule has 0 saturated heterocycles. The molecule has 2 aromatic heterocycles. The number of hydrogen-bond donors (Lipinski definition) is 2. The molecule has 102 valence electrons. The van der Waals surface area contributed by atoms with E-state index in [0.29, 0.717) is 6.54 Å². The average Bonchev–Trinajstić information content (AvgIpc) is 2.91. The zero-order valence-corrected chi connectivity index (χ0v) is 11.3. The van der Waals surface area contributed by atoms with E-state index in [4.69, 9.17) is 5.73 Å². The summed E-state index contributed by atoms with van der Waals surface area (Å²) in [6, 6.07) is 1.60. The van der Waals surface area contributed by atoms with Gasteiger partial charge in [0.1, 0.15) is 5.69 Å². The second kappa shape index (κ2) is 5.23. The number of carbonyl (C=O) groups is 1. The van der Waals surface area contributed by atoms with Crippen molar-refractivity contribution in [1.82, 2.24) is 24.9 Å². The first kappa shape index (κ1) is 13.3. The van der Waals surface area contributed by atoms with Gasteiger partial charge in [-0.25, -0.2) is 4.68 Å². The predicted octanol–water partition coefficient (Wildman–Crippen LogP) is 0.123. The third-order valence-corrected chi connectivity index (χ3v) is 2.92. The first-order valence-electron chi connectivity index (χ1n) is 6.13. The van der Waals surface area contributed by atoms with Crippen molar-refractivity contribution in [2.75, 3.05) is 6.54 Å². The van der Waals surface area contributed by atoms with Crippen LogP contribution in [0.2, 0.25) is 0 Å². The Morgan fingerprint density at radius 2 is 2.21 bits per heavy atom. The van der Waals surface area contributed by atoms with Gasteiger partial charge < -0.3 is 11.1 Å². The molecule has 0 atom stereocenters. The van der Waals surface area contributed by atoms with Gasteiger partial charge in [0.2, 0.25) is 0 Å². The highest BCUT2D eigenvalue weighted by Crippen LogP contribution is 2.17. The summed E-state index contributed by atoms with van der Waals surface area (Å²) in [6.45, 7) is 5.58. The number of carbonyl (C=O) groups excluding carboxylic acids is 1. The molecule has 2 heterocycles. The number of primary amides is 1. The lowest BCUT2D eigenvalue weighted by atomic mass is 10.2. The van der Waals surface area contributed by atoms with Crippen LogP contribution >= 0.6 is 0 Å². The van der Waals surface area contributed by atoms with Gasteiger partial charge in [0.05, 0.1) is 5.69 Å². The third-order valence-electron chi connectivity index (χ3n) is 2.92. The minimum absolute atomic E-state index is 0.244. The van der Waals surface area contributed by atoms with Crippen molar-refractivity contribution in [3.8, 4) is 5.82 Å². The smallest absolute Gasteiger partial charge is 0.269 e. The van der Waals surface area contributed by atoms with E-state index in [-0.39, 0.29) is 5.69 Å². The fourth-order valence-corrected chi connectivity index (χ4v) is 2.01. The quantitative estimate of drug-likeness (QED) is 0.801. The van der Waals surface area contributed by atoms with Gasteiger partial charge >= 0.3 is 0 Å². The van der Waals surface area contributed by atoms with Crippen molar-refractivity contribution in [3.63, 3.8) is 0 Å². The molecule has 3 N–H and O–H groups in total. The van der Waals surface area contributed by atoms with Gasteiger partial charge in [-0.1, -0.05) is 6.92 Å². The van der Waals surface area contributed by atoms with E-state index in [1.165, 1.54) is 0 Å². The van der Waals surface area contributed by atoms with Gasteiger partial charge in [0.15, 0.2) is 5.82 Å². The highest BCUT2D eigenvalue weighted by Gasteiger charge is 2.16. The van der Waals surface area contributed by atoms with E-state index in [1.807, 2.05) is 20.9 Å². The van der Waals surface area contributed by atoms with Crippen LogP contribution in [0.4, 0.5) is 0 Å². The van der Waals surface area contributed by atoms with Crippen molar-refractivity contribution < 1.29 is 4.79 Å². The van der Waals surface area contributed by atoms with Crippen LogP contribution < -0.4 is 11.1 Å². The highest BCUT2D eigenvalue weighted by molar-refractivity contribution is 5.90. The van der Waals surface area contributed by atoms with E-state index < -0.39 is 5.91 Å². The molecule has 0 spiro atoms. The van der Waals surface area contributed by atoms with Crippen molar-refractivity contribution in [1.29, 1.82) is 0 Å². The molecule has 0 bridgehead atoms. The lowest BCUT2D eigenvalue weighted by Gasteiger charge is -2.07. The minimum atomic E-state index is -0.536. The van der Waals surface area contributed by atoms with Gasteiger partial charge in [0.25, 0.3) is 5.91 Å². The van der Waals surface area contributed by atoms with Gasteiger partial charge in [-0.3, -0.25) is 9.48 Å². The summed E-state index contributed by atoms with van der Waals surface area (Å²) in [4.78, 5) is 11.1. The summed E-state index contributed by atoms with van der Waals surface area (Å²) in [5.41, 5.74) is 7.46. The van der Waals surface area contributed by atoms with Crippen LogP contribution in [0, 0.1) is 6.92 Å². The van der Waals surface area contributed by atoms with E-state index in [1.54, 1.807) is 21.6 Å². The second-order valence-electron chi connectivity index (χ2n) is 4.30. The maximum atomic E-state index is 11.1. The summed E-state index contributed by atoms with van der Waals surface area (Å²) in [7, 11) is 1.85. The first-order chi connectivity index (χ1) is 9.04. The predicted molar refractivity (Wildman–Crippen MR) is 71.0 cm³/mol. The molecule has 0 unspecified atom stereocenters. The van der Waals surface area contributed by atoms with Crippen LogP contribution in [-0.2, 0) is 13.6 Å². The molecule has 0 aliphatic carbocycles. The van der Waals surface area contributed by atoms with Crippen LogP contribution in [0.1, 0.15) is 28.7 Å². The number of rotatable bonds is 5. The lowest BCUT2D eigenvalue weighted by Crippen LogP contribution is -2.16. The molecule has 0 radical (unpaired) electrons. The van der Waals surface area contributed by atoms with E-state index in [0.717, 1.165) is 23.6 Å². The van der Waals surface area contributed by atoms with Gasteiger partial charge in [-0.15, -0.1) is 0 Å². The largest absolute Gasteiger partial charge is 0.364 e. The second-order valence-corrected chi connectivity index (χ2v) is 4.30. The lowest BCUT2D eigenvalue weighted by molar-refractivity contribution is 0.0995. The molecule has 0 aliphatic rings. The summed E-state index contributed by atoms with van der Waals surface area (Å²) < 4.78 is 3.38. The molecule has 1 amide bonds. The van der Waals surface area contributed by atoms with Crippen molar-refractivity contribution in [3.05, 3.63) is 29.2 Å². The Balaban J connectivity index is 2.44. The highest BCUT2D eigenvalue weighted by atomic mass is 16.1. The Hall–Kier alpha value is -2.15. The summed E-state index contributed by atoms with van der Waals surface area (Å²) in [5.74, 6) is 0.303. The Bertz CT molecular complexity index is 597. The zero-order chi connectivity index (χ0) is 14.0. The number of amides is 1. The SMILES string of the molecule is CCNCc1c(C)nn(C)c1-n1ccc(C(N)=O)n1. The Morgan fingerprint density at radius 1 is 1.47 bits per heavy atom. The maximum absolute atomic E-state index is 11.1. The normalized spacial score (nSPS) is 10.9. The van der Waals surface area contributed by atoms with E-state index >= 15 is 0 Å². The third kappa shape index (κ3) is 2.50. The topological polar surface area (TPSA) is 90.8 Å². The number of nitrogens with zero attached hydrogens (tertiary/aromatic N) is 4. The van der Waals surface area contributed by atoms with Crippen LogP contribution in [-0.4, -0.2) is 32.0 Å². The molecular formula is C12H18N6O.